The first kappa shape index (κ1) is 28.3. The maximum atomic E-state index is 11.7. The maximum Gasteiger partial charge on any atom is 0.335 e. The molecule has 0 aliphatic carbocycles. The molecule has 3 aliphatic rings. The highest BCUT2D eigenvalue weighted by molar-refractivity contribution is 6.34. The van der Waals surface area contributed by atoms with Gasteiger partial charge in [-0.3, -0.25) is 9.88 Å². The Bertz CT molecular complexity index is 1740. The van der Waals surface area contributed by atoms with Gasteiger partial charge in [0, 0.05) is 18.4 Å². The van der Waals surface area contributed by atoms with Crippen molar-refractivity contribution in [1.29, 1.82) is 0 Å². The molecule has 0 amide bonds. The summed E-state index contributed by atoms with van der Waals surface area (Å²) in [4.78, 5) is 23.5. The Labute approximate surface area is 259 Å². The smallest absolute Gasteiger partial charge is 0.335 e. The number of likely N-dealkylation sites (tertiary alicyclic amines) is 1. The summed E-state index contributed by atoms with van der Waals surface area (Å²) >= 11 is 12.7. The first-order chi connectivity index (χ1) is 20.8. The molecule has 2 fully saturated rings. The Morgan fingerprint density at radius 1 is 1.14 bits per heavy atom. The number of pyridine rings is 1. The number of aromatic carboxylic acids is 1. The van der Waals surface area contributed by atoms with E-state index in [1.54, 1.807) is 30.5 Å². The number of nitrogens with zero attached hydrogens (tertiary/aromatic N) is 4. The van der Waals surface area contributed by atoms with Crippen LogP contribution in [0.4, 0.5) is 0 Å². The minimum Gasteiger partial charge on any atom is -0.478 e. The number of imidazole rings is 1. The molecule has 0 radical (unpaired) electrons. The number of hydrogen-bond acceptors (Lipinski definition) is 6. The fourth-order valence-electron chi connectivity index (χ4n) is 6.41. The predicted octanol–water partition coefficient (Wildman–Crippen LogP) is 6.93. The van der Waals surface area contributed by atoms with E-state index in [9.17, 15) is 9.90 Å². The summed E-state index contributed by atoms with van der Waals surface area (Å²) in [5.74, 6) is 1.24. The summed E-state index contributed by atoms with van der Waals surface area (Å²) in [5, 5.41) is 10.5. The standard InChI is InChI=1S/C33H32Cl2N4O4/c1-33(31-26(35)16-23(34)17-36-31)11-7-21-3-2-4-25(30(21)43-33)20-8-12-38(13-9-20)19-29-37-27-6-5-22(32(40)41)15-28(27)39(29)18-24-10-14-42-24/h2-7,11,15-17,20,24H,8-10,12-14,18-19H2,1H3,(H,40,41)/t24-,33+/m0/s1. The number of rotatable bonds is 7. The van der Waals surface area contributed by atoms with Gasteiger partial charge in [0.15, 0.2) is 5.60 Å². The van der Waals surface area contributed by atoms with Crippen molar-refractivity contribution in [1.82, 2.24) is 19.4 Å². The summed E-state index contributed by atoms with van der Waals surface area (Å²) in [5.41, 5.74) is 4.01. The molecule has 7 rings (SSSR count). The number of para-hydroxylation sites is 1. The number of carbonyl (C=O) groups is 1. The van der Waals surface area contributed by atoms with Crippen LogP contribution >= 0.6 is 23.2 Å². The van der Waals surface area contributed by atoms with E-state index in [4.69, 9.17) is 37.7 Å². The minimum absolute atomic E-state index is 0.136. The molecule has 4 aromatic rings. The molecule has 0 unspecified atom stereocenters. The summed E-state index contributed by atoms with van der Waals surface area (Å²) < 4.78 is 14.6. The Morgan fingerprint density at radius 3 is 2.67 bits per heavy atom. The number of benzene rings is 2. The number of hydrogen-bond donors (Lipinski definition) is 1. The number of halogens is 2. The second-order valence-electron chi connectivity index (χ2n) is 11.8. The van der Waals surface area contributed by atoms with Gasteiger partial charge in [-0.1, -0.05) is 47.5 Å². The molecule has 10 heteroatoms. The maximum absolute atomic E-state index is 11.7. The van der Waals surface area contributed by atoms with Crippen LogP contribution in [0.1, 0.15) is 65.1 Å². The molecule has 0 bridgehead atoms. The normalized spacial score (nSPS) is 22.3. The third kappa shape index (κ3) is 5.42. The predicted molar refractivity (Wildman–Crippen MR) is 166 cm³/mol. The monoisotopic (exact) mass is 618 g/mol. The summed E-state index contributed by atoms with van der Waals surface area (Å²) in [6.07, 6.45) is 8.80. The molecule has 0 saturated carbocycles. The Morgan fingerprint density at radius 2 is 1.95 bits per heavy atom. The van der Waals surface area contributed by atoms with Crippen LogP contribution in [0.3, 0.4) is 0 Å². The van der Waals surface area contributed by atoms with Gasteiger partial charge in [-0.2, -0.15) is 0 Å². The molecule has 222 valence electrons. The second kappa shape index (κ2) is 11.2. The van der Waals surface area contributed by atoms with Crippen LogP contribution in [0, 0.1) is 0 Å². The van der Waals surface area contributed by atoms with Crippen LogP contribution in [-0.2, 0) is 23.4 Å². The van der Waals surface area contributed by atoms with E-state index >= 15 is 0 Å². The molecule has 2 atom stereocenters. The third-order valence-electron chi connectivity index (χ3n) is 8.90. The van der Waals surface area contributed by atoms with Gasteiger partial charge in [-0.15, -0.1) is 0 Å². The molecule has 2 aromatic heterocycles. The molecule has 2 aromatic carbocycles. The molecule has 0 spiro atoms. The number of carboxylic acids is 1. The van der Waals surface area contributed by atoms with E-state index < -0.39 is 11.6 Å². The van der Waals surface area contributed by atoms with Crippen molar-refractivity contribution < 1.29 is 19.4 Å². The summed E-state index contributed by atoms with van der Waals surface area (Å²) in [6, 6.07) is 13.2. The van der Waals surface area contributed by atoms with Gasteiger partial charge < -0.3 is 19.1 Å². The van der Waals surface area contributed by atoms with Gasteiger partial charge in [0.1, 0.15) is 17.3 Å². The lowest BCUT2D eigenvalue weighted by molar-refractivity contribution is -0.0592. The first-order valence-corrected chi connectivity index (χ1v) is 15.4. The Kier molecular flexibility index (Phi) is 7.42. The first-order valence-electron chi connectivity index (χ1n) is 14.7. The molecule has 5 heterocycles. The van der Waals surface area contributed by atoms with Crippen LogP contribution in [0.25, 0.3) is 17.1 Å². The van der Waals surface area contributed by atoms with E-state index in [2.05, 4.69) is 38.7 Å². The number of ether oxygens (including phenoxy) is 2. The molecular weight excluding hydrogens is 587 g/mol. The van der Waals surface area contributed by atoms with E-state index in [-0.39, 0.29) is 11.7 Å². The highest BCUT2D eigenvalue weighted by Gasteiger charge is 2.36. The van der Waals surface area contributed by atoms with Crippen molar-refractivity contribution in [2.24, 2.45) is 0 Å². The fourth-order valence-corrected chi connectivity index (χ4v) is 6.98. The second-order valence-corrected chi connectivity index (χ2v) is 12.6. The zero-order chi connectivity index (χ0) is 29.7. The van der Waals surface area contributed by atoms with Gasteiger partial charge in [-0.05, 0) is 81.1 Å². The van der Waals surface area contributed by atoms with Crippen molar-refractivity contribution >= 4 is 46.3 Å². The van der Waals surface area contributed by atoms with Gasteiger partial charge in [-0.25, -0.2) is 9.78 Å². The topological polar surface area (TPSA) is 89.7 Å². The largest absolute Gasteiger partial charge is 0.478 e. The fraction of sp³-hybridized carbons (Fsp3) is 0.364. The molecule has 2 saturated heterocycles. The molecular formula is C33H32Cl2N4O4. The Hall–Kier alpha value is -3.43. The number of fused-ring (bicyclic) bond motifs is 2. The van der Waals surface area contributed by atoms with Gasteiger partial charge >= 0.3 is 5.97 Å². The lowest BCUT2D eigenvalue weighted by Crippen LogP contribution is -2.36. The lowest BCUT2D eigenvalue weighted by atomic mass is 9.86. The van der Waals surface area contributed by atoms with Crippen molar-refractivity contribution in [3.05, 3.63) is 93.0 Å². The molecule has 1 N–H and O–H groups in total. The average Bonchev–Trinajstić information content (AvgIpc) is 3.30. The van der Waals surface area contributed by atoms with Crippen molar-refractivity contribution in [2.45, 2.75) is 56.9 Å². The minimum atomic E-state index is -0.937. The average molecular weight is 620 g/mol. The van der Waals surface area contributed by atoms with E-state index in [0.29, 0.717) is 34.7 Å². The highest BCUT2D eigenvalue weighted by atomic mass is 35.5. The van der Waals surface area contributed by atoms with Crippen LogP contribution in [0.15, 0.2) is 54.7 Å². The molecule has 8 nitrogen and oxygen atoms in total. The zero-order valence-corrected chi connectivity index (χ0v) is 25.3. The lowest BCUT2D eigenvalue weighted by Gasteiger charge is -2.36. The van der Waals surface area contributed by atoms with Crippen molar-refractivity contribution in [2.75, 3.05) is 19.7 Å². The van der Waals surface area contributed by atoms with Crippen LogP contribution in [-0.4, -0.2) is 56.3 Å². The van der Waals surface area contributed by atoms with E-state index in [1.165, 1.54) is 5.56 Å². The van der Waals surface area contributed by atoms with Gasteiger partial charge in [0.2, 0.25) is 0 Å². The third-order valence-corrected chi connectivity index (χ3v) is 9.39. The number of carboxylic acid groups (broad SMARTS) is 1. The number of aromatic nitrogens is 3. The van der Waals surface area contributed by atoms with E-state index in [0.717, 1.165) is 67.1 Å². The molecule has 3 aliphatic heterocycles. The van der Waals surface area contributed by atoms with Crippen LogP contribution in [0.2, 0.25) is 10.0 Å². The highest BCUT2D eigenvalue weighted by Crippen LogP contribution is 2.44. The SMILES string of the molecule is C[C@]1(c2ncc(Cl)cc2Cl)C=Cc2cccc(C3CCN(Cc4nc5ccc(C(=O)O)cc5n4C[C@@H]4CCO4)CC3)c2O1. The molecule has 43 heavy (non-hydrogen) atoms. The summed E-state index contributed by atoms with van der Waals surface area (Å²) in [7, 11) is 0. The van der Waals surface area contributed by atoms with Crippen molar-refractivity contribution in [3.63, 3.8) is 0 Å². The van der Waals surface area contributed by atoms with Gasteiger partial charge in [0.05, 0.1) is 45.8 Å². The van der Waals surface area contributed by atoms with Crippen LogP contribution < -0.4 is 4.74 Å². The van der Waals surface area contributed by atoms with Crippen molar-refractivity contribution in [3.8, 4) is 5.75 Å². The Balaban J connectivity index is 1.09. The number of piperidine rings is 1. The van der Waals surface area contributed by atoms with Crippen LogP contribution in [0.5, 0.6) is 5.75 Å². The van der Waals surface area contributed by atoms with E-state index in [1.807, 2.05) is 13.0 Å². The summed E-state index contributed by atoms with van der Waals surface area (Å²) in [6.45, 7) is 5.95. The van der Waals surface area contributed by atoms with Gasteiger partial charge in [0.25, 0.3) is 0 Å². The zero-order valence-electron chi connectivity index (χ0n) is 23.8. The quantitative estimate of drug-likeness (QED) is 0.240.